The molecule has 0 spiro atoms. The zero-order valence-electron chi connectivity index (χ0n) is 12.2. The second-order valence-electron chi connectivity index (χ2n) is 3.38. The summed E-state index contributed by atoms with van der Waals surface area (Å²) in [6.45, 7) is 23.6. The molecule has 0 rings (SSSR count). The summed E-state index contributed by atoms with van der Waals surface area (Å²) in [6, 6.07) is 0. The number of hydrogen-bond donors (Lipinski definition) is 0. The highest BCUT2D eigenvalue weighted by molar-refractivity contribution is 5.87. The van der Waals surface area contributed by atoms with E-state index in [-0.39, 0.29) is 6.61 Å². The first-order valence-corrected chi connectivity index (χ1v) is 5.53. The lowest BCUT2D eigenvalue weighted by Crippen LogP contribution is -2.22. The largest absolute Gasteiger partial charge is 0.458 e. The predicted octanol–water partition coefficient (Wildman–Crippen LogP) is 3.22. The molecule has 0 aliphatic carbocycles. The van der Waals surface area contributed by atoms with Crippen molar-refractivity contribution in [1.29, 1.82) is 0 Å². The molecule has 0 saturated heterocycles. The molecule has 0 aromatic rings. The molecule has 108 valence electrons. The molecule has 0 radical (unpaired) electrons. The van der Waals surface area contributed by atoms with Crippen LogP contribution in [0.2, 0.25) is 0 Å². The standard InChI is InChI=1S/C11H16O4.2C2H4/c1-7(2)10(12)14-6-9(5)15-11(13)8(3)4;2*1-2/h9H,1,3,6H2,2,4-5H3;2*1-2H2. The lowest BCUT2D eigenvalue weighted by atomic mass is 10.3. The van der Waals surface area contributed by atoms with E-state index in [2.05, 4.69) is 39.5 Å². The molecule has 0 saturated carbocycles. The molecule has 0 aliphatic heterocycles. The Balaban J connectivity index is -0.000000579. The van der Waals surface area contributed by atoms with Crippen molar-refractivity contribution >= 4 is 11.9 Å². The molecule has 0 N–H and O–H groups in total. The summed E-state index contributed by atoms with van der Waals surface area (Å²) < 4.78 is 9.70. The van der Waals surface area contributed by atoms with Gasteiger partial charge in [-0.1, -0.05) is 13.2 Å². The maximum Gasteiger partial charge on any atom is 0.333 e. The van der Waals surface area contributed by atoms with Gasteiger partial charge in [-0.2, -0.15) is 0 Å². The molecular weight excluding hydrogens is 244 g/mol. The molecule has 0 bridgehead atoms. The molecule has 0 aromatic carbocycles. The fourth-order valence-corrected chi connectivity index (χ4v) is 0.634. The summed E-state index contributed by atoms with van der Waals surface area (Å²) in [5.74, 6) is -0.984. The zero-order chi connectivity index (χ0) is 16.0. The van der Waals surface area contributed by atoms with Gasteiger partial charge in [-0.05, 0) is 20.8 Å². The molecule has 4 heteroatoms. The first kappa shape index (κ1) is 22.1. The molecule has 0 amide bonds. The van der Waals surface area contributed by atoms with Crippen molar-refractivity contribution < 1.29 is 19.1 Å². The topological polar surface area (TPSA) is 52.6 Å². The van der Waals surface area contributed by atoms with Gasteiger partial charge in [0.1, 0.15) is 12.7 Å². The minimum atomic E-state index is -0.492. The van der Waals surface area contributed by atoms with Gasteiger partial charge in [0.05, 0.1) is 0 Å². The molecule has 4 nitrogen and oxygen atoms in total. The second-order valence-corrected chi connectivity index (χ2v) is 3.38. The Morgan fingerprint density at radius 3 is 1.63 bits per heavy atom. The van der Waals surface area contributed by atoms with Crippen LogP contribution in [-0.2, 0) is 19.1 Å². The lowest BCUT2D eigenvalue weighted by molar-refractivity contribution is -0.152. The summed E-state index contributed by atoms with van der Waals surface area (Å²) in [5.41, 5.74) is 0.626. The average molecular weight is 268 g/mol. The minimum absolute atomic E-state index is 0.0186. The highest BCUT2D eigenvalue weighted by Crippen LogP contribution is 2.00. The summed E-state index contributed by atoms with van der Waals surface area (Å²) in [5, 5.41) is 0. The molecule has 0 fully saturated rings. The van der Waals surface area contributed by atoms with Crippen LogP contribution in [0.1, 0.15) is 20.8 Å². The van der Waals surface area contributed by atoms with Crippen molar-refractivity contribution in [3.63, 3.8) is 0 Å². The van der Waals surface area contributed by atoms with Gasteiger partial charge in [-0.15, -0.1) is 26.3 Å². The molecule has 0 aliphatic rings. The Kier molecular flexibility index (Phi) is 16.3. The third-order valence-corrected chi connectivity index (χ3v) is 1.45. The van der Waals surface area contributed by atoms with Crippen molar-refractivity contribution in [3.8, 4) is 0 Å². The van der Waals surface area contributed by atoms with Gasteiger partial charge < -0.3 is 9.47 Å². The second kappa shape index (κ2) is 14.0. The van der Waals surface area contributed by atoms with E-state index in [4.69, 9.17) is 9.47 Å². The van der Waals surface area contributed by atoms with Crippen LogP contribution >= 0.6 is 0 Å². The molecule has 0 aromatic heterocycles. The van der Waals surface area contributed by atoms with Crippen LogP contribution in [-0.4, -0.2) is 24.6 Å². The van der Waals surface area contributed by atoms with Gasteiger partial charge >= 0.3 is 11.9 Å². The molecule has 19 heavy (non-hydrogen) atoms. The molecule has 0 heterocycles. The zero-order valence-corrected chi connectivity index (χ0v) is 12.2. The number of rotatable bonds is 5. The number of hydrogen-bond acceptors (Lipinski definition) is 4. The van der Waals surface area contributed by atoms with Gasteiger partial charge in [0.25, 0.3) is 0 Å². The number of carbonyl (C=O) groups excluding carboxylic acids is 2. The minimum Gasteiger partial charge on any atom is -0.458 e. The van der Waals surface area contributed by atoms with Gasteiger partial charge in [-0.25, -0.2) is 9.59 Å². The fourth-order valence-electron chi connectivity index (χ4n) is 0.634. The first-order valence-electron chi connectivity index (χ1n) is 5.53. The van der Waals surface area contributed by atoms with Gasteiger partial charge in [0.15, 0.2) is 0 Å². The maximum absolute atomic E-state index is 11.1. The smallest absolute Gasteiger partial charge is 0.333 e. The SMILES string of the molecule is C=C.C=C.C=C(C)C(=O)OCC(C)OC(=O)C(=C)C. The van der Waals surface area contributed by atoms with Crippen LogP contribution in [0.5, 0.6) is 0 Å². The summed E-state index contributed by atoms with van der Waals surface area (Å²) in [7, 11) is 0. The van der Waals surface area contributed by atoms with E-state index < -0.39 is 18.0 Å². The van der Waals surface area contributed by atoms with Crippen molar-refractivity contribution in [3.05, 3.63) is 50.6 Å². The van der Waals surface area contributed by atoms with Crippen LogP contribution in [0.25, 0.3) is 0 Å². The van der Waals surface area contributed by atoms with E-state index in [1.165, 1.54) is 0 Å². The van der Waals surface area contributed by atoms with E-state index in [0.717, 1.165) is 0 Å². The Bertz CT molecular complexity index is 316. The van der Waals surface area contributed by atoms with Crippen LogP contribution in [0, 0.1) is 0 Å². The average Bonchev–Trinajstić information content (AvgIpc) is 2.40. The number of carbonyl (C=O) groups is 2. The third kappa shape index (κ3) is 13.8. The van der Waals surface area contributed by atoms with Gasteiger partial charge in [-0.3, -0.25) is 0 Å². The lowest BCUT2D eigenvalue weighted by Gasteiger charge is -2.13. The van der Waals surface area contributed by atoms with E-state index in [0.29, 0.717) is 11.1 Å². The Hall–Kier alpha value is -2.10. The van der Waals surface area contributed by atoms with E-state index in [1.54, 1.807) is 20.8 Å². The Morgan fingerprint density at radius 2 is 1.32 bits per heavy atom. The number of ether oxygens (including phenoxy) is 2. The van der Waals surface area contributed by atoms with Crippen LogP contribution < -0.4 is 0 Å². The van der Waals surface area contributed by atoms with Crippen LogP contribution in [0.3, 0.4) is 0 Å². The van der Waals surface area contributed by atoms with Crippen molar-refractivity contribution in [2.75, 3.05) is 6.61 Å². The first-order chi connectivity index (χ1) is 8.84. The maximum atomic E-state index is 11.1. The van der Waals surface area contributed by atoms with Crippen molar-refractivity contribution in [1.82, 2.24) is 0 Å². The summed E-state index contributed by atoms with van der Waals surface area (Å²) in [4.78, 5) is 22.0. The molecule has 1 atom stereocenters. The quantitative estimate of drug-likeness (QED) is 0.436. The Morgan fingerprint density at radius 1 is 0.947 bits per heavy atom. The van der Waals surface area contributed by atoms with Crippen molar-refractivity contribution in [2.45, 2.75) is 26.9 Å². The molecule has 1 unspecified atom stereocenters. The van der Waals surface area contributed by atoms with E-state index >= 15 is 0 Å². The molecular formula is C15H24O4. The third-order valence-electron chi connectivity index (χ3n) is 1.45. The monoisotopic (exact) mass is 268 g/mol. The predicted molar refractivity (Wildman–Crippen MR) is 78.6 cm³/mol. The van der Waals surface area contributed by atoms with Crippen LogP contribution in [0.4, 0.5) is 0 Å². The van der Waals surface area contributed by atoms with Crippen molar-refractivity contribution in [2.24, 2.45) is 0 Å². The van der Waals surface area contributed by atoms with Gasteiger partial charge in [0, 0.05) is 11.1 Å². The number of esters is 2. The fraction of sp³-hybridized carbons (Fsp3) is 0.333. The highest BCUT2D eigenvalue weighted by Gasteiger charge is 2.12. The normalized spacial score (nSPS) is 9.42. The highest BCUT2D eigenvalue weighted by atomic mass is 16.6. The summed E-state index contributed by atoms with van der Waals surface area (Å²) >= 11 is 0. The van der Waals surface area contributed by atoms with E-state index in [9.17, 15) is 9.59 Å². The van der Waals surface area contributed by atoms with Gasteiger partial charge in [0.2, 0.25) is 0 Å². The van der Waals surface area contributed by atoms with E-state index in [1.807, 2.05) is 0 Å². The van der Waals surface area contributed by atoms with Crippen LogP contribution in [0.15, 0.2) is 50.6 Å². The Labute approximate surface area is 116 Å². The summed E-state index contributed by atoms with van der Waals surface area (Å²) in [6.07, 6.45) is -0.488.